The van der Waals surface area contributed by atoms with Gasteiger partial charge in [0, 0.05) is 17.2 Å². The standard InChI is InChI=1S/C14H8Br2F4/c1-6-2-7(12(19)5-10(6)17)14(16)8-3-13(20)9(15)4-11(8)18/h2-5,14H,1H3. The van der Waals surface area contributed by atoms with Crippen molar-refractivity contribution in [2.45, 2.75) is 11.8 Å². The first-order chi connectivity index (χ1) is 9.31. The van der Waals surface area contributed by atoms with E-state index >= 15 is 0 Å². The summed E-state index contributed by atoms with van der Waals surface area (Å²) >= 11 is 6.00. The van der Waals surface area contributed by atoms with Gasteiger partial charge in [-0.2, -0.15) is 0 Å². The second-order valence-corrected chi connectivity index (χ2v) is 6.04. The molecule has 0 spiro atoms. The van der Waals surface area contributed by atoms with Crippen molar-refractivity contribution in [3.63, 3.8) is 0 Å². The zero-order chi connectivity index (χ0) is 15.0. The molecule has 0 nitrogen and oxygen atoms in total. The number of alkyl halides is 1. The average Bonchev–Trinajstić information content (AvgIpc) is 2.37. The van der Waals surface area contributed by atoms with E-state index in [1.807, 2.05) is 0 Å². The zero-order valence-corrected chi connectivity index (χ0v) is 13.3. The van der Waals surface area contributed by atoms with Crippen molar-refractivity contribution >= 4 is 31.9 Å². The van der Waals surface area contributed by atoms with E-state index in [1.54, 1.807) is 0 Å². The Morgan fingerprint density at radius 3 is 2.00 bits per heavy atom. The summed E-state index contributed by atoms with van der Waals surface area (Å²) in [6, 6.07) is 3.93. The van der Waals surface area contributed by atoms with Crippen LogP contribution >= 0.6 is 31.9 Å². The minimum atomic E-state index is -0.913. The number of hydrogen-bond donors (Lipinski definition) is 0. The Hall–Kier alpha value is -0.880. The number of hydrogen-bond acceptors (Lipinski definition) is 0. The summed E-state index contributed by atoms with van der Waals surface area (Å²) in [6.07, 6.45) is 0. The lowest BCUT2D eigenvalue weighted by Gasteiger charge is -2.14. The van der Waals surface area contributed by atoms with Gasteiger partial charge in [0.2, 0.25) is 0 Å². The van der Waals surface area contributed by atoms with E-state index in [1.165, 1.54) is 13.0 Å². The highest BCUT2D eigenvalue weighted by molar-refractivity contribution is 9.10. The van der Waals surface area contributed by atoms with E-state index in [4.69, 9.17) is 0 Å². The molecule has 0 aliphatic heterocycles. The molecule has 0 aliphatic rings. The first-order valence-corrected chi connectivity index (χ1v) is 7.26. The average molecular weight is 412 g/mol. The first-order valence-electron chi connectivity index (χ1n) is 5.55. The molecule has 20 heavy (non-hydrogen) atoms. The predicted octanol–water partition coefficient (Wildman–Crippen LogP) is 5.80. The lowest BCUT2D eigenvalue weighted by molar-refractivity contribution is 0.562. The second-order valence-electron chi connectivity index (χ2n) is 4.27. The molecule has 0 saturated carbocycles. The summed E-state index contributed by atoms with van der Waals surface area (Å²) in [6.45, 7) is 1.47. The molecule has 2 aromatic carbocycles. The van der Waals surface area contributed by atoms with Crippen LogP contribution in [0.15, 0.2) is 28.7 Å². The lowest BCUT2D eigenvalue weighted by atomic mass is 10.0. The van der Waals surface area contributed by atoms with Gasteiger partial charge in [0.1, 0.15) is 23.3 Å². The van der Waals surface area contributed by atoms with Crippen LogP contribution in [0.4, 0.5) is 17.6 Å². The van der Waals surface area contributed by atoms with Crippen LogP contribution in [0.5, 0.6) is 0 Å². The minimum Gasteiger partial charge on any atom is -0.207 e. The summed E-state index contributed by atoms with van der Waals surface area (Å²) in [7, 11) is 0. The van der Waals surface area contributed by atoms with Crippen LogP contribution in [-0.2, 0) is 0 Å². The van der Waals surface area contributed by atoms with Crippen molar-refractivity contribution in [1.29, 1.82) is 0 Å². The second kappa shape index (κ2) is 5.85. The highest BCUT2D eigenvalue weighted by atomic mass is 79.9. The van der Waals surface area contributed by atoms with Gasteiger partial charge in [0.15, 0.2) is 0 Å². The third-order valence-corrected chi connectivity index (χ3v) is 4.46. The zero-order valence-electron chi connectivity index (χ0n) is 10.2. The van der Waals surface area contributed by atoms with Crippen molar-refractivity contribution < 1.29 is 17.6 Å². The topological polar surface area (TPSA) is 0 Å². The van der Waals surface area contributed by atoms with Crippen molar-refractivity contribution in [1.82, 2.24) is 0 Å². The van der Waals surface area contributed by atoms with Gasteiger partial charge in [-0.3, -0.25) is 0 Å². The lowest BCUT2D eigenvalue weighted by Crippen LogP contribution is -2.02. The fraction of sp³-hybridized carbons (Fsp3) is 0.143. The molecule has 0 bridgehead atoms. The SMILES string of the molecule is Cc1cc(C(Br)c2cc(F)c(Br)cc2F)c(F)cc1F. The van der Waals surface area contributed by atoms with Crippen molar-refractivity contribution in [3.05, 3.63) is 68.7 Å². The van der Waals surface area contributed by atoms with Gasteiger partial charge in [-0.25, -0.2) is 17.6 Å². The van der Waals surface area contributed by atoms with E-state index in [9.17, 15) is 17.6 Å². The monoisotopic (exact) mass is 410 g/mol. The minimum absolute atomic E-state index is 0.0193. The summed E-state index contributed by atoms with van der Waals surface area (Å²) in [5.41, 5.74) is 0.212. The van der Waals surface area contributed by atoms with Gasteiger partial charge in [0.25, 0.3) is 0 Å². The fourth-order valence-electron chi connectivity index (χ4n) is 1.77. The van der Waals surface area contributed by atoms with Gasteiger partial charge in [-0.15, -0.1) is 0 Å². The van der Waals surface area contributed by atoms with Gasteiger partial charge in [-0.05, 0) is 46.6 Å². The van der Waals surface area contributed by atoms with E-state index in [0.29, 0.717) is 0 Å². The molecule has 1 atom stereocenters. The third-order valence-electron chi connectivity index (χ3n) is 2.86. The number of benzene rings is 2. The molecule has 0 amide bonds. The maximum Gasteiger partial charge on any atom is 0.137 e. The predicted molar refractivity (Wildman–Crippen MR) is 75.9 cm³/mol. The Morgan fingerprint density at radius 1 is 0.800 bits per heavy atom. The summed E-state index contributed by atoms with van der Waals surface area (Å²) in [4.78, 5) is -0.913. The van der Waals surface area contributed by atoms with Gasteiger partial charge in [0.05, 0.1) is 9.30 Å². The molecule has 0 heterocycles. The molecular formula is C14H8Br2F4. The van der Waals surface area contributed by atoms with E-state index < -0.39 is 28.1 Å². The summed E-state index contributed by atoms with van der Waals surface area (Å²) < 4.78 is 54.3. The van der Waals surface area contributed by atoms with Gasteiger partial charge < -0.3 is 0 Å². The highest BCUT2D eigenvalue weighted by Gasteiger charge is 2.21. The molecule has 106 valence electrons. The van der Waals surface area contributed by atoms with Gasteiger partial charge in [-0.1, -0.05) is 15.9 Å². The highest BCUT2D eigenvalue weighted by Crippen LogP contribution is 2.36. The van der Waals surface area contributed by atoms with Crippen molar-refractivity contribution in [3.8, 4) is 0 Å². The molecule has 0 aliphatic carbocycles. The van der Waals surface area contributed by atoms with Crippen LogP contribution in [0.1, 0.15) is 21.5 Å². The Bertz CT molecular complexity index is 613. The molecular weight excluding hydrogens is 404 g/mol. The quantitative estimate of drug-likeness (QED) is 0.333. The Morgan fingerprint density at radius 2 is 1.35 bits per heavy atom. The summed E-state index contributed by atoms with van der Waals surface area (Å²) in [5.74, 6) is -2.86. The van der Waals surface area contributed by atoms with Crippen LogP contribution in [0.25, 0.3) is 0 Å². The van der Waals surface area contributed by atoms with Crippen LogP contribution in [0, 0.1) is 30.2 Å². The van der Waals surface area contributed by atoms with Crippen molar-refractivity contribution in [2.75, 3.05) is 0 Å². The first kappa shape index (κ1) is 15.5. The van der Waals surface area contributed by atoms with Crippen LogP contribution in [0.3, 0.4) is 0 Å². The Balaban J connectivity index is 2.54. The molecule has 0 N–H and O–H groups in total. The molecule has 0 aromatic heterocycles. The molecule has 6 heteroatoms. The molecule has 2 rings (SSSR count). The van der Waals surface area contributed by atoms with Gasteiger partial charge >= 0.3 is 0 Å². The smallest absolute Gasteiger partial charge is 0.137 e. The normalized spacial score (nSPS) is 12.6. The summed E-state index contributed by atoms with van der Waals surface area (Å²) in [5, 5.41) is 0. The Kier molecular flexibility index (Phi) is 4.54. The molecule has 0 saturated heterocycles. The number of aryl methyl sites for hydroxylation is 1. The fourth-order valence-corrected chi connectivity index (χ4v) is 2.79. The van der Waals surface area contributed by atoms with E-state index in [2.05, 4.69) is 31.9 Å². The maximum absolute atomic E-state index is 13.9. The molecule has 1 unspecified atom stereocenters. The largest absolute Gasteiger partial charge is 0.207 e. The van der Waals surface area contributed by atoms with Crippen LogP contribution in [-0.4, -0.2) is 0 Å². The number of rotatable bonds is 2. The third kappa shape index (κ3) is 2.91. The van der Waals surface area contributed by atoms with E-state index in [0.717, 1.165) is 18.2 Å². The van der Waals surface area contributed by atoms with Crippen LogP contribution < -0.4 is 0 Å². The maximum atomic E-state index is 13.9. The van der Waals surface area contributed by atoms with Crippen molar-refractivity contribution in [2.24, 2.45) is 0 Å². The number of halogens is 6. The Labute approximate surface area is 130 Å². The van der Waals surface area contributed by atoms with E-state index in [-0.39, 0.29) is 21.2 Å². The molecule has 0 radical (unpaired) electrons. The van der Waals surface area contributed by atoms with Crippen LogP contribution in [0.2, 0.25) is 0 Å². The molecule has 0 fully saturated rings. The molecule has 2 aromatic rings.